The molecule has 0 saturated carbocycles. The lowest BCUT2D eigenvalue weighted by molar-refractivity contribution is 0.0857. The number of aliphatic hydroxyl groups is 1. The third-order valence-corrected chi connectivity index (χ3v) is 12.4. The highest BCUT2D eigenvalue weighted by atomic mass is 35.5. The Morgan fingerprint density at radius 1 is 0.742 bits per heavy atom. The first kappa shape index (κ1) is 48.9. The lowest BCUT2D eigenvalue weighted by Crippen LogP contribution is -2.38. The number of hydrogen-bond acceptors (Lipinski definition) is 8. The van der Waals surface area contributed by atoms with Crippen LogP contribution in [0.2, 0.25) is 20.1 Å². The molecule has 332 valence electrons. The molecule has 62 heavy (non-hydrogen) atoms. The van der Waals surface area contributed by atoms with Gasteiger partial charge in [0.05, 0.1) is 62.6 Å². The number of sulfonamides is 1. The van der Waals surface area contributed by atoms with E-state index in [1.807, 2.05) is 0 Å². The molecule has 2 heterocycles. The smallest absolute Gasteiger partial charge is 0.311 e. The first-order valence-corrected chi connectivity index (χ1v) is 22.5. The molecule has 22 heteroatoms. The summed E-state index contributed by atoms with van der Waals surface area (Å²) >= 11 is 23.8. The van der Waals surface area contributed by atoms with Crippen molar-refractivity contribution >= 4 is 66.5 Å². The van der Waals surface area contributed by atoms with Gasteiger partial charge < -0.3 is 19.4 Å². The van der Waals surface area contributed by atoms with E-state index < -0.39 is 71.9 Å². The van der Waals surface area contributed by atoms with E-state index in [9.17, 15) is 44.1 Å². The Hall–Kier alpha value is -4.08. The van der Waals surface area contributed by atoms with Crippen molar-refractivity contribution in [1.82, 2.24) is 24.2 Å². The van der Waals surface area contributed by atoms with Crippen LogP contribution in [0.5, 0.6) is 0 Å². The summed E-state index contributed by atoms with van der Waals surface area (Å²) in [5.74, 6) is -3.72. The normalized spacial score (nSPS) is 12.8. The minimum atomic E-state index is -4.63. The average Bonchev–Trinajstić information content (AvgIpc) is 3.86. The quantitative estimate of drug-likeness (QED) is 0.0612. The van der Waals surface area contributed by atoms with Gasteiger partial charge >= 0.3 is 10.1 Å². The molecular weight excluding hydrogens is 944 g/mol. The summed E-state index contributed by atoms with van der Waals surface area (Å²) in [7, 11) is -7.19. The zero-order valence-corrected chi connectivity index (χ0v) is 37.5. The Bertz CT molecular complexity index is 2700. The Kier molecular flexibility index (Phi) is 15.6. The molecule has 0 fully saturated rings. The van der Waals surface area contributed by atoms with Gasteiger partial charge in [0.25, 0.3) is 10.0 Å². The first-order chi connectivity index (χ1) is 28.9. The highest BCUT2D eigenvalue weighted by Crippen LogP contribution is 2.38. The van der Waals surface area contributed by atoms with Gasteiger partial charge in [0.2, 0.25) is 0 Å². The molecule has 0 saturated heterocycles. The fraction of sp³-hybridized carbons (Fsp3) is 0.250. The van der Waals surface area contributed by atoms with Crippen LogP contribution in [0.4, 0.5) is 17.6 Å². The highest BCUT2D eigenvalue weighted by Gasteiger charge is 2.31. The number of rotatable bonds is 14. The second-order valence-electron chi connectivity index (χ2n) is 14.4. The van der Waals surface area contributed by atoms with Crippen LogP contribution in [0.1, 0.15) is 72.6 Å². The third-order valence-electron chi connectivity index (χ3n) is 9.10. The Labute approximate surface area is 374 Å². The topological polar surface area (TPSA) is 176 Å². The largest absolute Gasteiger partial charge is 0.389 e. The van der Waals surface area contributed by atoms with Crippen LogP contribution >= 0.6 is 46.4 Å². The van der Waals surface area contributed by atoms with Gasteiger partial charge in [0, 0.05) is 13.7 Å². The molecule has 1 atom stereocenters. The highest BCUT2D eigenvalue weighted by molar-refractivity contribution is 7.89. The molecule has 4 aromatic carbocycles. The zero-order chi connectivity index (χ0) is 45.9. The molecule has 0 spiro atoms. The fourth-order valence-electron chi connectivity index (χ4n) is 6.24. The molecule has 6 rings (SSSR count). The third kappa shape index (κ3) is 11.7. The first-order valence-electron chi connectivity index (χ1n) is 18.0. The van der Waals surface area contributed by atoms with Gasteiger partial charge in [-0.05, 0) is 91.6 Å². The van der Waals surface area contributed by atoms with E-state index in [0.717, 1.165) is 24.5 Å². The number of nitrogens with one attached hydrogen (secondary N) is 2. The molecule has 2 aromatic heterocycles. The van der Waals surface area contributed by atoms with Crippen molar-refractivity contribution in [2.24, 2.45) is 0 Å². The van der Waals surface area contributed by atoms with Gasteiger partial charge in [-0.3, -0.25) is 4.55 Å². The van der Waals surface area contributed by atoms with E-state index >= 15 is 0 Å². The Balaban J connectivity index is 0.000000234. The summed E-state index contributed by atoms with van der Waals surface area (Å²) in [4.78, 5) is 11.1. The number of methoxy groups -OCH3 is 1. The van der Waals surface area contributed by atoms with Crippen LogP contribution in [0.15, 0.2) is 95.2 Å². The van der Waals surface area contributed by atoms with E-state index in [2.05, 4.69) is 19.7 Å². The van der Waals surface area contributed by atoms with Crippen molar-refractivity contribution in [1.29, 1.82) is 0 Å². The van der Waals surface area contributed by atoms with Gasteiger partial charge in [-0.1, -0.05) is 70.7 Å². The molecule has 6 aromatic rings. The van der Waals surface area contributed by atoms with E-state index in [-0.39, 0.29) is 49.9 Å². The van der Waals surface area contributed by atoms with Crippen LogP contribution in [0.25, 0.3) is 0 Å². The summed E-state index contributed by atoms with van der Waals surface area (Å²) < 4.78 is 122. The Morgan fingerprint density at radius 3 is 1.53 bits per heavy atom. The van der Waals surface area contributed by atoms with Gasteiger partial charge in [-0.15, -0.1) is 0 Å². The van der Waals surface area contributed by atoms with Crippen LogP contribution in [-0.2, 0) is 24.9 Å². The van der Waals surface area contributed by atoms with Gasteiger partial charge in [0.15, 0.2) is 10.1 Å². The van der Waals surface area contributed by atoms with Crippen molar-refractivity contribution in [2.45, 2.75) is 54.3 Å². The maximum Gasteiger partial charge on any atom is 0.311 e. The molecule has 4 N–H and O–H groups in total. The number of aromatic nitrogens is 4. The molecular formula is C40H37Cl4F4N5O7S2. The van der Waals surface area contributed by atoms with Gasteiger partial charge in [-0.2, -0.15) is 8.42 Å². The number of imidazole rings is 2. The van der Waals surface area contributed by atoms with Crippen LogP contribution < -0.4 is 4.72 Å². The Morgan fingerprint density at radius 2 is 1.16 bits per heavy atom. The second kappa shape index (κ2) is 19.8. The fourth-order valence-corrected chi connectivity index (χ4v) is 8.83. The monoisotopic (exact) mass is 979 g/mol. The molecule has 12 nitrogen and oxygen atoms in total. The summed E-state index contributed by atoms with van der Waals surface area (Å²) in [6.45, 7) is 4.48. The predicted molar refractivity (Wildman–Crippen MR) is 226 cm³/mol. The van der Waals surface area contributed by atoms with E-state index in [4.69, 9.17) is 51.1 Å². The number of benzene rings is 4. The molecule has 0 bridgehead atoms. The SMILES string of the molecule is CC(C)(O)CNS(=O)(=O)c1cnc(C(c2ccc(F)c(Cl)c2)c2ccc(F)c(Cl)c2)[nH]1.COCC(C)n1c(S(=O)(=O)O)cnc1C(c1ccc(F)c(Cl)c1)c1ccc(F)c(Cl)c1. The standard InChI is InChI=1S/C20H19Cl2F2N3O3S.C20H18Cl2F2N2O4S/c1-20(2,28)10-26-31(29,30)17-9-25-19(27-17)18(11-3-5-15(23)13(21)7-11)12-4-6-16(24)14(22)8-12;1-11(10-30-2)26-18(31(27,28)29)9-25-20(26)19(12-3-5-16(23)14(21)7-12)13-4-6-17(24)15(22)8-13/h3-9,18,26,28H,10H2,1-2H3,(H,25,27);3-9,11,19H,10H2,1-2H3,(H,27,28,29). The van der Waals surface area contributed by atoms with Crippen LogP contribution in [0, 0.1) is 23.3 Å². The van der Waals surface area contributed by atoms with Crippen LogP contribution in [0.3, 0.4) is 0 Å². The maximum absolute atomic E-state index is 13.8. The number of H-pyrrole nitrogens is 1. The lowest BCUT2D eigenvalue weighted by atomic mass is 9.90. The molecule has 0 aliphatic rings. The van der Waals surface area contributed by atoms with Crippen molar-refractivity contribution in [2.75, 3.05) is 20.3 Å². The second-order valence-corrected chi connectivity index (χ2v) is 19.2. The van der Waals surface area contributed by atoms with Crippen molar-refractivity contribution in [3.63, 3.8) is 0 Å². The van der Waals surface area contributed by atoms with E-state index in [1.165, 1.54) is 86.2 Å². The maximum atomic E-state index is 13.8. The lowest BCUT2D eigenvalue weighted by Gasteiger charge is -2.24. The number of aromatic amines is 1. The van der Waals surface area contributed by atoms with E-state index in [1.54, 1.807) is 6.92 Å². The summed E-state index contributed by atoms with van der Waals surface area (Å²) in [5.41, 5.74) is 0.613. The number of halogens is 8. The zero-order valence-electron chi connectivity index (χ0n) is 32.8. The van der Waals surface area contributed by atoms with Gasteiger partial charge in [-0.25, -0.2) is 40.7 Å². The molecule has 0 aliphatic carbocycles. The summed E-state index contributed by atoms with van der Waals surface area (Å²) in [6.07, 6.45) is 2.13. The van der Waals surface area contributed by atoms with Gasteiger partial charge in [0.1, 0.15) is 34.9 Å². The molecule has 0 amide bonds. The molecule has 0 radical (unpaired) electrons. The van der Waals surface area contributed by atoms with Crippen molar-refractivity contribution < 1.29 is 48.8 Å². The number of hydrogen-bond donors (Lipinski definition) is 4. The number of ether oxygens (including phenoxy) is 1. The minimum Gasteiger partial charge on any atom is -0.389 e. The minimum absolute atomic E-state index is 0.104. The van der Waals surface area contributed by atoms with Crippen molar-refractivity contribution in [3.05, 3.63) is 162 Å². The average molecular weight is 982 g/mol. The van der Waals surface area contributed by atoms with Crippen molar-refractivity contribution in [3.8, 4) is 0 Å². The summed E-state index contributed by atoms with van der Waals surface area (Å²) in [6, 6.07) is 15.4. The van der Waals surface area contributed by atoms with Crippen LogP contribution in [-0.4, -0.2) is 71.9 Å². The predicted octanol–water partition coefficient (Wildman–Crippen LogP) is 9.33. The number of nitrogens with zero attached hydrogens (tertiary/aromatic N) is 3. The van der Waals surface area contributed by atoms with E-state index in [0.29, 0.717) is 22.3 Å². The summed E-state index contributed by atoms with van der Waals surface area (Å²) in [5, 5.41) is 8.50. The molecule has 1 unspecified atom stereocenters. The molecule has 0 aliphatic heterocycles.